The van der Waals surface area contributed by atoms with Crippen LogP contribution < -0.4 is 10.2 Å². The molecule has 0 amide bonds. The molecular weight excluding hydrogens is 240 g/mol. The second-order valence-electron chi connectivity index (χ2n) is 4.31. The molecule has 1 aromatic carbocycles. The van der Waals surface area contributed by atoms with E-state index >= 15 is 0 Å². The van der Waals surface area contributed by atoms with Gasteiger partial charge in [0.25, 0.3) is 0 Å². The Morgan fingerprint density at radius 3 is 2.84 bits per heavy atom. The minimum Gasteiger partial charge on any atom is -0.395 e. The van der Waals surface area contributed by atoms with Crippen molar-refractivity contribution in [3.63, 3.8) is 0 Å². The van der Waals surface area contributed by atoms with Crippen LogP contribution in [0.4, 0.5) is 17.3 Å². The Morgan fingerprint density at radius 2 is 2.11 bits per heavy atom. The fourth-order valence-corrected chi connectivity index (χ4v) is 1.78. The van der Waals surface area contributed by atoms with Gasteiger partial charge in [-0.3, -0.25) is 0 Å². The molecule has 0 radical (unpaired) electrons. The number of aliphatic hydroxyl groups is 1. The first-order valence-electron chi connectivity index (χ1n) is 6.18. The molecule has 0 saturated heterocycles. The van der Waals surface area contributed by atoms with Gasteiger partial charge >= 0.3 is 0 Å². The summed E-state index contributed by atoms with van der Waals surface area (Å²) < 4.78 is 0. The highest BCUT2D eigenvalue weighted by Gasteiger charge is 2.06. The lowest BCUT2D eigenvalue weighted by atomic mass is 10.2. The minimum atomic E-state index is 0.0764. The summed E-state index contributed by atoms with van der Waals surface area (Å²) in [7, 11) is 1.97. The Hall–Kier alpha value is -2.14. The number of nitrogens with zero attached hydrogens (tertiary/aromatic N) is 3. The molecule has 0 aliphatic carbocycles. The molecule has 0 bridgehead atoms. The quantitative estimate of drug-likeness (QED) is 0.858. The van der Waals surface area contributed by atoms with Gasteiger partial charge in [0.2, 0.25) is 0 Å². The van der Waals surface area contributed by atoms with Crippen LogP contribution in [0, 0.1) is 6.92 Å². The Balaban J connectivity index is 2.21. The summed E-state index contributed by atoms with van der Waals surface area (Å²) in [4.78, 5) is 10.4. The zero-order chi connectivity index (χ0) is 13.7. The van der Waals surface area contributed by atoms with Gasteiger partial charge in [0.15, 0.2) is 0 Å². The van der Waals surface area contributed by atoms with Crippen molar-refractivity contribution in [3.05, 3.63) is 42.2 Å². The van der Waals surface area contributed by atoms with Gasteiger partial charge in [0, 0.05) is 25.3 Å². The van der Waals surface area contributed by atoms with E-state index in [0.717, 1.165) is 11.5 Å². The maximum Gasteiger partial charge on any atom is 0.138 e. The smallest absolute Gasteiger partial charge is 0.138 e. The normalized spacial score (nSPS) is 10.3. The molecule has 0 aliphatic heterocycles. The predicted molar refractivity (Wildman–Crippen MR) is 76.8 cm³/mol. The van der Waals surface area contributed by atoms with Gasteiger partial charge in [0.05, 0.1) is 6.61 Å². The van der Waals surface area contributed by atoms with Gasteiger partial charge in [-0.2, -0.15) is 0 Å². The second kappa shape index (κ2) is 6.15. The number of aromatic nitrogens is 2. The summed E-state index contributed by atoms with van der Waals surface area (Å²) in [5.74, 6) is 1.51. The molecule has 5 heteroatoms. The van der Waals surface area contributed by atoms with Crippen molar-refractivity contribution >= 4 is 17.3 Å². The first kappa shape index (κ1) is 13.3. The maximum atomic E-state index is 8.80. The molecule has 2 N–H and O–H groups in total. The monoisotopic (exact) mass is 258 g/mol. The molecule has 0 saturated carbocycles. The zero-order valence-electron chi connectivity index (χ0n) is 11.2. The van der Waals surface area contributed by atoms with Crippen LogP contribution in [-0.4, -0.2) is 35.3 Å². The maximum absolute atomic E-state index is 8.80. The van der Waals surface area contributed by atoms with Crippen LogP contribution in [0.1, 0.15) is 5.56 Å². The van der Waals surface area contributed by atoms with Crippen LogP contribution in [0.3, 0.4) is 0 Å². The van der Waals surface area contributed by atoms with Crippen molar-refractivity contribution in [1.29, 1.82) is 0 Å². The topological polar surface area (TPSA) is 61.3 Å². The molecule has 100 valence electrons. The average Bonchev–Trinajstić information content (AvgIpc) is 2.44. The number of benzene rings is 1. The fourth-order valence-electron chi connectivity index (χ4n) is 1.78. The average molecular weight is 258 g/mol. The molecule has 1 aromatic heterocycles. The third-order valence-corrected chi connectivity index (χ3v) is 2.80. The molecule has 0 aliphatic rings. The molecule has 2 aromatic rings. The van der Waals surface area contributed by atoms with Crippen LogP contribution in [0.25, 0.3) is 0 Å². The van der Waals surface area contributed by atoms with Gasteiger partial charge in [-0.1, -0.05) is 12.1 Å². The third kappa shape index (κ3) is 3.42. The van der Waals surface area contributed by atoms with Gasteiger partial charge in [0.1, 0.15) is 18.0 Å². The van der Waals surface area contributed by atoms with E-state index in [9.17, 15) is 0 Å². The largest absolute Gasteiger partial charge is 0.395 e. The molecule has 5 nitrogen and oxygen atoms in total. The number of aliphatic hydroxyl groups excluding tert-OH is 1. The van der Waals surface area contributed by atoms with E-state index in [1.54, 1.807) is 0 Å². The third-order valence-electron chi connectivity index (χ3n) is 2.80. The van der Waals surface area contributed by atoms with E-state index < -0.39 is 0 Å². The number of hydrogen-bond acceptors (Lipinski definition) is 5. The van der Waals surface area contributed by atoms with Crippen LogP contribution >= 0.6 is 0 Å². The lowest BCUT2D eigenvalue weighted by molar-refractivity contribution is 0.311. The Labute approximate surface area is 112 Å². The highest BCUT2D eigenvalue weighted by atomic mass is 16.3. The summed E-state index contributed by atoms with van der Waals surface area (Å²) in [5.41, 5.74) is 2.28. The van der Waals surface area contributed by atoms with Crippen molar-refractivity contribution in [2.24, 2.45) is 0 Å². The van der Waals surface area contributed by atoms with E-state index in [4.69, 9.17) is 5.11 Å². The molecule has 19 heavy (non-hydrogen) atoms. The van der Waals surface area contributed by atoms with Gasteiger partial charge in [-0.05, 0) is 24.6 Å². The van der Waals surface area contributed by atoms with Gasteiger partial charge < -0.3 is 15.3 Å². The van der Waals surface area contributed by atoms with Crippen molar-refractivity contribution in [1.82, 2.24) is 9.97 Å². The first-order valence-corrected chi connectivity index (χ1v) is 6.18. The minimum absolute atomic E-state index is 0.0764. The van der Waals surface area contributed by atoms with Gasteiger partial charge in [-0.15, -0.1) is 0 Å². The summed E-state index contributed by atoms with van der Waals surface area (Å²) in [6, 6.07) is 10.1. The van der Waals surface area contributed by atoms with Crippen LogP contribution in [0.5, 0.6) is 0 Å². The van der Waals surface area contributed by atoms with Crippen LogP contribution in [0.15, 0.2) is 36.7 Å². The molecule has 0 atom stereocenters. The molecular formula is C14H18N4O. The SMILES string of the molecule is Cc1cccc(N(C)c2cc(NCCO)ncn2)c1. The number of aryl methyl sites for hydroxylation is 1. The van der Waals surface area contributed by atoms with E-state index in [1.807, 2.05) is 30.1 Å². The number of hydrogen-bond donors (Lipinski definition) is 2. The Kier molecular flexibility index (Phi) is 4.30. The summed E-state index contributed by atoms with van der Waals surface area (Å²) in [6.45, 7) is 2.61. The van der Waals surface area contributed by atoms with E-state index in [2.05, 4.69) is 34.3 Å². The predicted octanol–water partition coefficient (Wildman–Crippen LogP) is 1.96. The summed E-state index contributed by atoms with van der Waals surface area (Å²) >= 11 is 0. The van der Waals surface area contributed by atoms with E-state index in [1.165, 1.54) is 11.9 Å². The molecule has 2 rings (SSSR count). The Bertz CT molecular complexity index is 544. The van der Waals surface area contributed by atoms with E-state index in [0.29, 0.717) is 12.4 Å². The number of nitrogens with one attached hydrogen (secondary N) is 1. The van der Waals surface area contributed by atoms with Crippen molar-refractivity contribution in [2.75, 3.05) is 30.4 Å². The first-order chi connectivity index (χ1) is 9.20. The molecule has 0 unspecified atom stereocenters. The Morgan fingerprint density at radius 1 is 1.26 bits per heavy atom. The van der Waals surface area contributed by atoms with Crippen molar-refractivity contribution in [3.8, 4) is 0 Å². The highest BCUT2D eigenvalue weighted by Crippen LogP contribution is 2.23. The second-order valence-corrected chi connectivity index (χ2v) is 4.31. The molecule has 1 heterocycles. The lowest BCUT2D eigenvalue weighted by Gasteiger charge is -2.19. The van der Waals surface area contributed by atoms with Crippen molar-refractivity contribution in [2.45, 2.75) is 6.92 Å². The summed E-state index contributed by atoms with van der Waals surface area (Å²) in [5, 5.41) is 11.8. The molecule has 0 fully saturated rings. The standard InChI is InChI=1S/C14H18N4O/c1-11-4-3-5-12(8-11)18(2)14-9-13(15-6-7-19)16-10-17-14/h3-5,8-10,19H,6-7H2,1-2H3,(H,15,16,17). The van der Waals surface area contributed by atoms with Gasteiger partial charge in [-0.25, -0.2) is 9.97 Å². The summed E-state index contributed by atoms with van der Waals surface area (Å²) in [6.07, 6.45) is 1.52. The van der Waals surface area contributed by atoms with E-state index in [-0.39, 0.29) is 6.61 Å². The highest BCUT2D eigenvalue weighted by molar-refractivity contribution is 5.62. The zero-order valence-corrected chi connectivity index (χ0v) is 11.2. The number of anilines is 3. The fraction of sp³-hybridized carbons (Fsp3) is 0.286. The van der Waals surface area contributed by atoms with Crippen LogP contribution in [-0.2, 0) is 0 Å². The van der Waals surface area contributed by atoms with Crippen molar-refractivity contribution < 1.29 is 5.11 Å². The van der Waals surface area contributed by atoms with Crippen LogP contribution in [0.2, 0.25) is 0 Å². The lowest BCUT2D eigenvalue weighted by Crippen LogP contribution is -2.13. The number of rotatable bonds is 5. The molecule has 0 spiro atoms.